The maximum atomic E-state index is 6.49. The van der Waals surface area contributed by atoms with Gasteiger partial charge in [0, 0.05) is 79.1 Å². The maximum Gasteiger partial charge on any atom is 0.119 e. The number of nitrogens with zero attached hydrogens (tertiary/aromatic N) is 6. The molecule has 0 amide bonds. The van der Waals surface area contributed by atoms with E-state index in [4.69, 9.17) is 36.4 Å². The molecule has 4 aromatic carbocycles. The number of hydrogen-bond donors (Lipinski definition) is 0. The Balaban J connectivity index is 1.18. The molecule has 0 saturated carbocycles. The Bertz CT molecular complexity index is 2730. The molecule has 0 spiro atoms. The van der Waals surface area contributed by atoms with E-state index in [0.717, 1.165) is 107 Å². The zero-order valence-corrected chi connectivity index (χ0v) is 33.7. The molecule has 0 fully saturated rings. The van der Waals surface area contributed by atoms with E-state index in [1.54, 1.807) is 0 Å². The molecular formula is C47H45ClN6O2. The fraction of sp³-hybridized carbons (Fsp3) is 0.234. The first-order valence-electron chi connectivity index (χ1n) is 19.2. The van der Waals surface area contributed by atoms with Gasteiger partial charge < -0.3 is 18.6 Å². The van der Waals surface area contributed by atoms with Gasteiger partial charge in [-0.3, -0.25) is 0 Å². The van der Waals surface area contributed by atoms with Crippen molar-refractivity contribution in [3.63, 3.8) is 0 Å². The normalized spacial score (nSPS) is 11.5. The molecule has 282 valence electrons. The maximum absolute atomic E-state index is 6.49. The van der Waals surface area contributed by atoms with Crippen molar-refractivity contribution in [3.05, 3.63) is 153 Å². The quantitative estimate of drug-likeness (QED) is 0.131. The third kappa shape index (κ3) is 6.68. The van der Waals surface area contributed by atoms with Crippen molar-refractivity contribution >= 4 is 33.1 Å². The Morgan fingerprint density at radius 1 is 0.518 bits per heavy atom. The van der Waals surface area contributed by atoms with Crippen molar-refractivity contribution in [3.8, 4) is 34.1 Å². The van der Waals surface area contributed by atoms with Crippen LogP contribution in [-0.4, -0.2) is 42.7 Å². The van der Waals surface area contributed by atoms with Gasteiger partial charge in [-0.2, -0.15) is 15.3 Å². The summed E-state index contributed by atoms with van der Waals surface area (Å²) in [4.78, 5) is 0. The number of benzene rings is 4. The van der Waals surface area contributed by atoms with Crippen LogP contribution >= 0.6 is 11.6 Å². The highest BCUT2D eigenvalue weighted by molar-refractivity contribution is 6.30. The van der Waals surface area contributed by atoms with Gasteiger partial charge in [0.1, 0.15) is 17.2 Å². The average molecular weight is 761 g/mol. The number of hydrogen-bond acceptors (Lipinski definition) is 6. The number of rotatable bonds is 11. The van der Waals surface area contributed by atoms with E-state index in [1.165, 1.54) is 0 Å². The monoisotopic (exact) mass is 760 g/mol. The molecule has 8 aromatic rings. The summed E-state index contributed by atoms with van der Waals surface area (Å²) in [5, 5.41) is 24.4. The average Bonchev–Trinajstić information content (AvgIpc) is 3.62. The highest BCUT2D eigenvalue weighted by Gasteiger charge is 2.23. The number of aryl methyl sites for hydroxylation is 5. The van der Waals surface area contributed by atoms with Crippen LogP contribution in [0, 0.1) is 34.6 Å². The molecule has 0 atom stereocenters. The minimum atomic E-state index is 0.613. The Morgan fingerprint density at radius 2 is 1.00 bits per heavy atom. The van der Waals surface area contributed by atoms with E-state index in [9.17, 15) is 0 Å². The van der Waals surface area contributed by atoms with E-state index in [2.05, 4.69) is 90.5 Å². The Morgan fingerprint density at radius 3 is 1.54 bits per heavy atom. The third-order valence-corrected chi connectivity index (χ3v) is 10.9. The van der Waals surface area contributed by atoms with Crippen molar-refractivity contribution in [2.75, 3.05) is 13.2 Å². The highest BCUT2D eigenvalue weighted by atomic mass is 35.5. The van der Waals surface area contributed by atoms with Gasteiger partial charge in [-0.1, -0.05) is 48.0 Å². The number of ether oxygens (including phenoxy) is 2. The van der Waals surface area contributed by atoms with E-state index in [0.29, 0.717) is 31.1 Å². The fourth-order valence-corrected chi connectivity index (χ4v) is 8.56. The van der Waals surface area contributed by atoms with Gasteiger partial charge in [-0.25, -0.2) is 0 Å². The van der Waals surface area contributed by atoms with Crippen LogP contribution in [0.5, 0.6) is 11.5 Å². The topological polar surface area (TPSA) is 79.9 Å². The first-order chi connectivity index (χ1) is 27.2. The smallest absolute Gasteiger partial charge is 0.119 e. The van der Waals surface area contributed by atoms with Crippen LogP contribution in [0.3, 0.4) is 0 Å². The Hall–Kier alpha value is -5.99. The molecule has 9 heteroatoms. The van der Waals surface area contributed by atoms with Gasteiger partial charge in [-0.05, 0) is 120 Å². The van der Waals surface area contributed by atoms with Gasteiger partial charge >= 0.3 is 0 Å². The number of aromatic nitrogens is 6. The first-order valence-corrected chi connectivity index (χ1v) is 19.6. The summed E-state index contributed by atoms with van der Waals surface area (Å²) >= 11 is 6.49. The van der Waals surface area contributed by atoms with Crippen molar-refractivity contribution in [1.82, 2.24) is 29.5 Å². The lowest BCUT2D eigenvalue weighted by atomic mass is 9.98. The zero-order chi connectivity index (χ0) is 39.1. The summed E-state index contributed by atoms with van der Waals surface area (Å²) in [5.74, 6) is 1.71. The fourth-order valence-electron chi connectivity index (χ4n) is 8.37. The molecule has 0 bridgehead atoms. The highest BCUT2D eigenvalue weighted by Crippen LogP contribution is 2.38. The zero-order valence-electron chi connectivity index (χ0n) is 32.9. The lowest BCUT2D eigenvalue weighted by Crippen LogP contribution is -2.02. The molecule has 8 rings (SSSR count). The largest absolute Gasteiger partial charge is 0.494 e. The standard InChI is InChI=1S/C47H45ClN6O2/c1-8-55-39-20-16-37(17-21-39)53-29(4)43-28(3)49-50-41(44(43)30(53)5)25-33-12-10-13-34(24-33)26-42-45-31(6)54(38-18-22-40(23-19-38)56-9-2)32(7)46(45)47(52-51-42)35-14-11-15-36(48)27-35/h10-24,27H,8-9,25-26H2,1-7H3. The summed E-state index contributed by atoms with van der Waals surface area (Å²) in [6, 6.07) is 33.1. The van der Waals surface area contributed by atoms with Crippen LogP contribution in [0.25, 0.3) is 44.2 Å². The van der Waals surface area contributed by atoms with Crippen LogP contribution < -0.4 is 9.47 Å². The van der Waals surface area contributed by atoms with Crippen molar-refractivity contribution in [1.29, 1.82) is 0 Å². The van der Waals surface area contributed by atoms with E-state index >= 15 is 0 Å². The molecule has 0 aliphatic rings. The first kappa shape index (κ1) is 37.0. The van der Waals surface area contributed by atoms with E-state index in [1.807, 2.05) is 69.3 Å². The molecule has 0 aliphatic carbocycles. The molecule has 0 aliphatic heterocycles. The van der Waals surface area contributed by atoms with Crippen LogP contribution in [0.2, 0.25) is 5.02 Å². The van der Waals surface area contributed by atoms with Crippen LogP contribution in [-0.2, 0) is 12.8 Å². The van der Waals surface area contributed by atoms with Crippen molar-refractivity contribution in [2.45, 2.75) is 61.3 Å². The summed E-state index contributed by atoms with van der Waals surface area (Å²) in [5.41, 5.74) is 13.5. The predicted octanol–water partition coefficient (Wildman–Crippen LogP) is 11.0. The third-order valence-electron chi connectivity index (χ3n) is 10.7. The van der Waals surface area contributed by atoms with Crippen molar-refractivity contribution < 1.29 is 9.47 Å². The van der Waals surface area contributed by atoms with Crippen LogP contribution in [0.4, 0.5) is 0 Å². The van der Waals surface area contributed by atoms with Gasteiger partial charge in [-0.15, -0.1) is 5.10 Å². The van der Waals surface area contributed by atoms with Gasteiger partial charge in [0.05, 0.1) is 30.3 Å². The molecule has 0 radical (unpaired) electrons. The second-order valence-corrected chi connectivity index (χ2v) is 14.7. The summed E-state index contributed by atoms with van der Waals surface area (Å²) in [6.07, 6.45) is 1.26. The van der Waals surface area contributed by atoms with Gasteiger partial charge in [0.25, 0.3) is 0 Å². The molecule has 8 nitrogen and oxygen atoms in total. The van der Waals surface area contributed by atoms with Gasteiger partial charge in [0.2, 0.25) is 0 Å². The SMILES string of the molecule is CCOc1ccc(-n2c(C)c3c(C)nnc(Cc4cccc(Cc5nnc(-c6cccc(Cl)c6)c6c(C)n(-c7ccc(OCC)cc7)c(C)c56)c4)c3c2C)cc1. The minimum Gasteiger partial charge on any atom is -0.494 e. The second-order valence-electron chi connectivity index (χ2n) is 14.3. The number of halogens is 1. The Kier molecular flexibility index (Phi) is 10.1. The minimum absolute atomic E-state index is 0.613. The van der Waals surface area contributed by atoms with Gasteiger partial charge in [0.15, 0.2) is 0 Å². The van der Waals surface area contributed by atoms with Crippen LogP contribution in [0.15, 0.2) is 97.1 Å². The Labute approximate surface area is 332 Å². The summed E-state index contributed by atoms with van der Waals surface area (Å²) in [6.45, 7) is 16.0. The molecular weight excluding hydrogens is 716 g/mol. The van der Waals surface area contributed by atoms with E-state index in [-0.39, 0.29) is 0 Å². The molecule has 0 saturated heterocycles. The lowest BCUT2D eigenvalue weighted by molar-refractivity contribution is 0.340. The lowest BCUT2D eigenvalue weighted by Gasteiger charge is -2.11. The van der Waals surface area contributed by atoms with E-state index < -0.39 is 0 Å². The molecule has 0 N–H and O–H groups in total. The molecule has 4 aromatic heterocycles. The van der Waals surface area contributed by atoms with Crippen LogP contribution in [0.1, 0.15) is 64.8 Å². The summed E-state index contributed by atoms with van der Waals surface area (Å²) in [7, 11) is 0. The summed E-state index contributed by atoms with van der Waals surface area (Å²) < 4.78 is 16.1. The predicted molar refractivity (Wildman–Crippen MR) is 226 cm³/mol. The number of fused-ring (bicyclic) bond motifs is 2. The van der Waals surface area contributed by atoms with Crippen molar-refractivity contribution in [2.24, 2.45) is 0 Å². The second kappa shape index (κ2) is 15.3. The molecule has 4 heterocycles. The molecule has 0 unspecified atom stereocenters. The molecule has 56 heavy (non-hydrogen) atoms.